The van der Waals surface area contributed by atoms with E-state index in [1.807, 2.05) is 60.7 Å². The van der Waals surface area contributed by atoms with Gasteiger partial charge < -0.3 is 10.1 Å². The number of hydrogen-bond donors (Lipinski definition) is 1. The first-order chi connectivity index (χ1) is 10.3. The first-order valence-electron chi connectivity index (χ1n) is 6.81. The molecule has 1 amide bonds. The number of carbonyl (C=O) groups is 1. The largest absolute Gasteiger partial charge is 0.374 e. The van der Waals surface area contributed by atoms with E-state index in [1.165, 1.54) is 0 Å². The lowest BCUT2D eigenvalue weighted by molar-refractivity contribution is -0.119. The molecule has 0 aliphatic rings. The van der Waals surface area contributed by atoms with Crippen LogP contribution in [0.5, 0.6) is 0 Å². The molecule has 0 aromatic heterocycles. The lowest BCUT2D eigenvalue weighted by Gasteiger charge is -2.19. The van der Waals surface area contributed by atoms with Gasteiger partial charge >= 0.3 is 0 Å². The monoisotopic (exact) mass is 347 g/mol. The van der Waals surface area contributed by atoms with Crippen molar-refractivity contribution in [3.63, 3.8) is 0 Å². The van der Waals surface area contributed by atoms with Gasteiger partial charge in [0.2, 0.25) is 5.91 Å². The Morgan fingerprint density at radius 3 is 2.29 bits per heavy atom. The smallest absolute Gasteiger partial charge is 0.231 e. The van der Waals surface area contributed by atoms with Crippen LogP contribution >= 0.6 is 15.9 Å². The molecule has 2 rings (SSSR count). The number of benzene rings is 2. The summed E-state index contributed by atoms with van der Waals surface area (Å²) >= 11 is 3.17. The second kappa shape index (κ2) is 8.60. The Balaban J connectivity index is 1.94. The number of nitrogens with one attached hydrogen (secondary N) is 1. The van der Waals surface area contributed by atoms with Gasteiger partial charge in [0.25, 0.3) is 0 Å². The average Bonchev–Trinajstić information content (AvgIpc) is 2.55. The lowest BCUT2D eigenvalue weighted by Crippen LogP contribution is -2.32. The fraction of sp³-hybridized carbons (Fsp3) is 0.235. The van der Waals surface area contributed by atoms with Crippen molar-refractivity contribution >= 4 is 21.8 Å². The summed E-state index contributed by atoms with van der Waals surface area (Å²) in [5.74, 6) is -0.0489. The summed E-state index contributed by atoms with van der Waals surface area (Å²) < 4.78 is 5.75. The minimum atomic E-state index is -0.139. The minimum absolute atomic E-state index is 0.0489. The highest BCUT2D eigenvalue weighted by atomic mass is 79.9. The van der Waals surface area contributed by atoms with Gasteiger partial charge in [-0.05, 0) is 11.1 Å². The number of rotatable bonds is 7. The zero-order valence-corrected chi connectivity index (χ0v) is 13.3. The van der Waals surface area contributed by atoms with Crippen LogP contribution in [0.25, 0.3) is 0 Å². The Kier molecular flexibility index (Phi) is 6.44. The van der Waals surface area contributed by atoms with Crippen molar-refractivity contribution in [1.82, 2.24) is 5.32 Å². The highest BCUT2D eigenvalue weighted by molar-refractivity contribution is 9.09. The van der Waals surface area contributed by atoms with Crippen molar-refractivity contribution in [1.29, 1.82) is 0 Å². The average molecular weight is 348 g/mol. The molecule has 0 aliphatic carbocycles. The summed E-state index contributed by atoms with van der Waals surface area (Å²) in [5, 5.41) is 3.25. The predicted octanol–water partition coefficient (Wildman–Crippen LogP) is 3.46. The van der Waals surface area contributed by atoms with Crippen molar-refractivity contribution in [2.75, 3.05) is 11.9 Å². The molecular weight excluding hydrogens is 330 g/mol. The van der Waals surface area contributed by atoms with Crippen LogP contribution in [0.15, 0.2) is 60.7 Å². The molecule has 0 heterocycles. The fourth-order valence-corrected chi connectivity index (χ4v) is 2.17. The highest BCUT2D eigenvalue weighted by Gasteiger charge is 2.14. The fourth-order valence-electron chi connectivity index (χ4n) is 2.01. The number of halogens is 1. The third-order valence-corrected chi connectivity index (χ3v) is 3.56. The van der Waals surface area contributed by atoms with Gasteiger partial charge in [-0.25, -0.2) is 0 Å². The summed E-state index contributed by atoms with van der Waals surface area (Å²) in [6.07, 6.45) is 0. The number of hydrogen-bond acceptors (Lipinski definition) is 2. The maximum absolute atomic E-state index is 11.6. The summed E-state index contributed by atoms with van der Waals surface area (Å²) in [6.45, 7) is 0.978. The Bertz CT molecular complexity index is 545. The van der Waals surface area contributed by atoms with Gasteiger partial charge in [0.05, 0.1) is 24.6 Å². The van der Waals surface area contributed by atoms with E-state index >= 15 is 0 Å². The molecule has 0 spiro atoms. The topological polar surface area (TPSA) is 38.3 Å². The molecule has 1 unspecified atom stereocenters. The predicted molar refractivity (Wildman–Crippen MR) is 87.2 cm³/mol. The molecule has 0 fully saturated rings. The van der Waals surface area contributed by atoms with E-state index in [0.29, 0.717) is 13.2 Å². The van der Waals surface area contributed by atoms with E-state index in [-0.39, 0.29) is 17.3 Å². The zero-order valence-electron chi connectivity index (χ0n) is 11.7. The van der Waals surface area contributed by atoms with E-state index < -0.39 is 0 Å². The number of amides is 1. The molecule has 21 heavy (non-hydrogen) atoms. The quantitative estimate of drug-likeness (QED) is 0.779. The molecule has 0 aliphatic heterocycles. The summed E-state index contributed by atoms with van der Waals surface area (Å²) in [5.41, 5.74) is 2.16. The van der Waals surface area contributed by atoms with E-state index in [4.69, 9.17) is 4.74 Å². The van der Waals surface area contributed by atoms with Crippen LogP contribution in [0.1, 0.15) is 17.2 Å². The molecule has 4 heteroatoms. The highest BCUT2D eigenvalue weighted by Crippen LogP contribution is 2.14. The van der Waals surface area contributed by atoms with Crippen molar-refractivity contribution < 1.29 is 9.53 Å². The van der Waals surface area contributed by atoms with E-state index in [0.717, 1.165) is 11.1 Å². The van der Waals surface area contributed by atoms with Gasteiger partial charge in [-0.3, -0.25) is 4.79 Å². The van der Waals surface area contributed by atoms with Crippen LogP contribution in [0.2, 0.25) is 0 Å². The molecule has 0 radical (unpaired) electrons. The van der Waals surface area contributed by atoms with Crippen LogP contribution in [0.4, 0.5) is 0 Å². The molecule has 1 N–H and O–H groups in total. The number of ether oxygens (including phenoxy) is 1. The molecule has 3 nitrogen and oxygen atoms in total. The van der Waals surface area contributed by atoms with Crippen molar-refractivity contribution in [2.45, 2.75) is 12.6 Å². The minimum Gasteiger partial charge on any atom is -0.374 e. The first kappa shape index (κ1) is 15.7. The van der Waals surface area contributed by atoms with Crippen molar-refractivity contribution in [3.8, 4) is 0 Å². The maximum Gasteiger partial charge on any atom is 0.231 e. The standard InChI is InChI=1S/C17H18BrNO2/c18-11-17(20)19-16(15-9-5-2-6-10-15)13-21-12-14-7-3-1-4-8-14/h1-10,16H,11-13H2,(H,19,20). The summed E-state index contributed by atoms with van der Waals surface area (Å²) in [4.78, 5) is 11.6. The SMILES string of the molecule is O=C(CBr)NC(COCc1ccccc1)c1ccccc1. The molecule has 0 saturated heterocycles. The van der Waals surface area contributed by atoms with Crippen LogP contribution in [-0.4, -0.2) is 17.8 Å². The maximum atomic E-state index is 11.6. The van der Waals surface area contributed by atoms with Crippen LogP contribution < -0.4 is 5.32 Å². The normalized spacial score (nSPS) is 11.9. The second-order valence-corrected chi connectivity index (χ2v) is 5.23. The third-order valence-electron chi connectivity index (χ3n) is 3.05. The second-order valence-electron chi connectivity index (χ2n) is 4.67. The van der Waals surface area contributed by atoms with Gasteiger partial charge in [-0.2, -0.15) is 0 Å². The Labute approximate surface area is 133 Å². The van der Waals surface area contributed by atoms with E-state index in [9.17, 15) is 4.79 Å². The van der Waals surface area contributed by atoms with Crippen LogP contribution in [0.3, 0.4) is 0 Å². The molecular formula is C17H18BrNO2. The van der Waals surface area contributed by atoms with Crippen LogP contribution in [-0.2, 0) is 16.1 Å². The van der Waals surface area contributed by atoms with Crippen molar-refractivity contribution in [3.05, 3.63) is 71.8 Å². The zero-order chi connectivity index (χ0) is 14.9. The summed E-state index contributed by atoms with van der Waals surface area (Å²) in [7, 11) is 0. The molecule has 110 valence electrons. The van der Waals surface area contributed by atoms with Gasteiger partial charge in [-0.1, -0.05) is 76.6 Å². The first-order valence-corrected chi connectivity index (χ1v) is 7.93. The molecule has 2 aromatic carbocycles. The van der Waals surface area contributed by atoms with Crippen LogP contribution in [0, 0.1) is 0 Å². The Morgan fingerprint density at radius 2 is 1.67 bits per heavy atom. The van der Waals surface area contributed by atoms with Gasteiger partial charge in [0, 0.05) is 0 Å². The molecule has 1 atom stereocenters. The molecule has 0 bridgehead atoms. The third kappa shape index (κ3) is 5.33. The number of alkyl halides is 1. The van der Waals surface area contributed by atoms with Gasteiger partial charge in [0.1, 0.15) is 0 Å². The van der Waals surface area contributed by atoms with Gasteiger partial charge in [-0.15, -0.1) is 0 Å². The summed E-state index contributed by atoms with van der Waals surface area (Å²) in [6, 6.07) is 19.7. The van der Waals surface area contributed by atoms with E-state index in [1.54, 1.807) is 0 Å². The molecule has 0 saturated carbocycles. The van der Waals surface area contributed by atoms with Gasteiger partial charge in [0.15, 0.2) is 0 Å². The lowest BCUT2D eigenvalue weighted by atomic mass is 10.1. The Morgan fingerprint density at radius 1 is 1.05 bits per heavy atom. The Hall–Kier alpha value is -1.65. The number of carbonyl (C=O) groups excluding carboxylic acids is 1. The van der Waals surface area contributed by atoms with Crippen molar-refractivity contribution in [2.24, 2.45) is 0 Å². The molecule has 2 aromatic rings. The van der Waals surface area contributed by atoms with E-state index in [2.05, 4.69) is 21.2 Å².